The Morgan fingerprint density at radius 2 is 2.09 bits per heavy atom. The molecule has 1 fully saturated rings. The van der Waals surface area contributed by atoms with Crippen LogP contribution in [0.15, 0.2) is 22.7 Å². The molecule has 1 saturated carbocycles. The van der Waals surface area contributed by atoms with E-state index in [9.17, 15) is 18.0 Å². The number of oxazole rings is 1. The Labute approximate surface area is 129 Å². The lowest BCUT2D eigenvalue weighted by Gasteiger charge is -2.23. The summed E-state index contributed by atoms with van der Waals surface area (Å²) in [4.78, 5) is 19.3. The van der Waals surface area contributed by atoms with Gasteiger partial charge in [0.05, 0.1) is 12.7 Å². The van der Waals surface area contributed by atoms with Gasteiger partial charge in [-0.25, -0.2) is 9.78 Å². The first-order valence-corrected chi connectivity index (χ1v) is 7.03. The van der Waals surface area contributed by atoms with Crippen molar-refractivity contribution in [1.29, 1.82) is 0 Å². The highest BCUT2D eigenvalue weighted by molar-refractivity contribution is 5.89. The lowest BCUT2D eigenvalue weighted by molar-refractivity contribution is -0.141. The van der Waals surface area contributed by atoms with Crippen LogP contribution in [0.5, 0.6) is 0 Å². The molecule has 5 nitrogen and oxygen atoms in total. The smallest absolute Gasteiger partial charge is 0.433 e. The Morgan fingerprint density at radius 3 is 2.57 bits per heavy atom. The van der Waals surface area contributed by atoms with Crippen molar-refractivity contribution in [2.45, 2.75) is 31.4 Å². The van der Waals surface area contributed by atoms with Gasteiger partial charge >= 0.3 is 12.1 Å². The van der Waals surface area contributed by atoms with Crippen LogP contribution in [0, 0.1) is 0 Å². The second-order valence-electron chi connectivity index (χ2n) is 5.28. The summed E-state index contributed by atoms with van der Waals surface area (Å²) in [5.41, 5.74) is -0.652. The fourth-order valence-electron chi connectivity index (χ4n) is 2.33. The van der Waals surface area contributed by atoms with Gasteiger partial charge in [-0.05, 0) is 25.0 Å². The Morgan fingerprint density at radius 1 is 1.35 bits per heavy atom. The zero-order chi connectivity index (χ0) is 16.6. The van der Waals surface area contributed by atoms with Gasteiger partial charge in [0.25, 0.3) is 0 Å². The number of pyridine rings is 1. The number of nitrogens with zero attached hydrogens (tertiary/aromatic N) is 2. The molecule has 0 aromatic carbocycles. The number of carbonyl (C=O) groups is 1. The number of alkyl halides is 3. The van der Waals surface area contributed by atoms with Crippen molar-refractivity contribution in [2.24, 2.45) is 0 Å². The second-order valence-corrected chi connectivity index (χ2v) is 5.28. The van der Waals surface area contributed by atoms with E-state index >= 15 is 0 Å². The number of ether oxygens (including phenoxy) is 1. The third-order valence-corrected chi connectivity index (χ3v) is 3.81. The second kappa shape index (κ2) is 5.68. The first-order chi connectivity index (χ1) is 10.9. The van der Waals surface area contributed by atoms with Gasteiger partial charge in [0.15, 0.2) is 5.69 Å². The van der Waals surface area contributed by atoms with Crippen LogP contribution in [0.25, 0.3) is 11.5 Å². The van der Waals surface area contributed by atoms with Crippen LogP contribution < -0.4 is 0 Å². The largest absolute Gasteiger partial charge is 0.464 e. The highest BCUT2D eigenvalue weighted by Gasteiger charge is 2.33. The average Bonchev–Trinajstić information content (AvgIpc) is 2.88. The maximum absolute atomic E-state index is 12.5. The summed E-state index contributed by atoms with van der Waals surface area (Å²) >= 11 is 0. The van der Waals surface area contributed by atoms with Crippen LogP contribution in [0.2, 0.25) is 0 Å². The third-order valence-electron chi connectivity index (χ3n) is 3.81. The van der Waals surface area contributed by atoms with E-state index in [1.54, 1.807) is 0 Å². The van der Waals surface area contributed by atoms with Crippen molar-refractivity contribution < 1.29 is 27.1 Å². The van der Waals surface area contributed by atoms with Gasteiger partial charge in [-0.1, -0.05) is 6.42 Å². The molecule has 122 valence electrons. The Hall–Kier alpha value is -2.38. The van der Waals surface area contributed by atoms with E-state index in [1.807, 2.05) is 0 Å². The number of halogens is 3. The number of methoxy groups -OCH3 is 1. The summed E-state index contributed by atoms with van der Waals surface area (Å²) in [6.07, 6.45) is -0.694. The van der Waals surface area contributed by atoms with Crippen molar-refractivity contribution in [3.63, 3.8) is 0 Å². The first kappa shape index (κ1) is 15.5. The zero-order valence-electron chi connectivity index (χ0n) is 12.2. The molecular weight excluding hydrogens is 313 g/mol. The number of carbonyl (C=O) groups excluding carboxylic acids is 1. The minimum absolute atomic E-state index is 0.0634. The van der Waals surface area contributed by atoms with Crippen LogP contribution >= 0.6 is 0 Å². The van der Waals surface area contributed by atoms with Gasteiger partial charge in [0.2, 0.25) is 5.89 Å². The molecule has 2 heterocycles. The molecule has 0 spiro atoms. The van der Waals surface area contributed by atoms with Gasteiger partial charge < -0.3 is 9.15 Å². The lowest BCUT2D eigenvalue weighted by atomic mass is 9.83. The van der Waals surface area contributed by atoms with Crippen molar-refractivity contribution in [2.75, 3.05) is 7.11 Å². The first-order valence-electron chi connectivity index (χ1n) is 7.03. The Balaban J connectivity index is 1.96. The number of esters is 1. The van der Waals surface area contributed by atoms with Gasteiger partial charge in [0, 0.05) is 12.1 Å². The highest BCUT2D eigenvalue weighted by atomic mass is 19.4. The number of rotatable bonds is 3. The molecule has 0 unspecified atom stereocenters. The summed E-state index contributed by atoms with van der Waals surface area (Å²) < 4.78 is 47.9. The Bertz CT molecular complexity index is 719. The van der Waals surface area contributed by atoms with Crippen molar-refractivity contribution >= 4 is 5.97 Å². The van der Waals surface area contributed by atoms with Gasteiger partial charge in [0.1, 0.15) is 11.5 Å². The molecule has 1 aliphatic rings. The average molecular weight is 326 g/mol. The number of hydrogen-bond acceptors (Lipinski definition) is 5. The third kappa shape index (κ3) is 2.93. The quantitative estimate of drug-likeness (QED) is 0.803. The van der Waals surface area contributed by atoms with Crippen LogP contribution in [-0.2, 0) is 10.9 Å². The van der Waals surface area contributed by atoms with E-state index in [-0.39, 0.29) is 23.1 Å². The fraction of sp³-hybridized carbons (Fsp3) is 0.400. The highest BCUT2D eigenvalue weighted by Crippen LogP contribution is 2.40. The molecule has 3 rings (SSSR count). The predicted octanol–water partition coefficient (Wildman–Crippen LogP) is 3.81. The molecule has 1 aliphatic carbocycles. The summed E-state index contributed by atoms with van der Waals surface area (Å²) in [5.74, 6) is -0.0407. The van der Waals surface area contributed by atoms with Crippen LogP contribution in [0.3, 0.4) is 0 Å². The van der Waals surface area contributed by atoms with Crippen LogP contribution in [-0.4, -0.2) is 23.0 Å². The molecular formula is C15H13F3N2O3. The van der Waals surface area contributed by atoms with E-state index in [1.165, 1.54) is 13.2 Å². The topological polar surface area (TPSA) is 65.2 Å². The summed E-state index contributed by atoms with van der Waals surface area (Å²) in [6.45, 7) is 0. The molecule has 8 heteroatoms. The fourth-order valence-corrected chi connectivity index (χ4v) is 2.33. The monoisotopic (exact) mass is 326 g/mol. The summed E-state index contributed by atoms with van der Waals surface area (Å²) in [6, 6.07) is 2.06. The molecule has 0 bridgehead atoms. The van der Waals surface area contributed by atoms with Crippen LogP contribution in [0.1, 0.15) is 47.1 Å². The van der Waals surface area contributed by atoms with Gasteiger partial charge in [-0.2, -0.15) is 13.2 Å². The van der Waals surface area contributed by atoms with Crippen LogP contribution in [0.4, 0.5) is 13.2 Å². The maximum Gasteiger partial charge on any atom is 0.433 e. The predicted molar refractivity (Wildman–Crippen MR) is 72.7 cm³/mol. The van der Waals surface area contributed by atoms with Crippen molar-refractivity contribution in [1.82, 2.24) is 9.97 Å². The standard InChI is InChI=1S/C15H13F3N2O3/c1-22-14(21)11-12(8-3-2-4-8)23-13(20-11)9-5-6-10(19-7-9)15(16,17)18/h5-8H,2-4H2,1H3. The molecule has 2 aromatic heterocycles. The number of hydrogen-bond donors (Lipinski definition) is 0. The van der Waals surface area contributed by atoms with E-state index in [0.29, 0.717) is 5.76 Å². The molecule has 0 saturated heterocycles. The van der Waals surface area contributed by atoms with Gasteiger partial charge in [-0.3, -0.25) is 4.98 Å². The molecule has 2 aromatic rings. The Kier molecular flexibility index (Phi) is 3.83. The number of aromatic nitrogens is 2. The van der Waals surface area contributed by atoms with Crippen molar-refractivity contribution in [3.05, 3.63) is 35.5 Å². The van der Waals surface area contributed by atoms with Gasteiger partial charge in [-0.15, -0.1) is 0 Å². The molecule has 0 N–H and O–H groups in total. The lowest BCUT2D eigenvalue weighted by Crippen LogP contribution is -2.13. The summed E-state index contributed by atoms with van der Waals surface area (Å²) in [5, 5.41) is 0. The van der Waals surface area contributed by atoms with E-state index < -0.39 is 17.8 Å². The molecule has 0 atom stereocenters. The van der Waals surface area contributed by atoms with E-state index in [4.69, 9.17) is 4.42 Å². The minimum Gasteiger partial charge on any atom is -0.464 e. The SMILES string of the molecule is COC(=O)c1nc(-c2ccc(C(F)(F)F)nc2)oc1C1CCC1. The maximum atomic E-state index is 12.5. The molecule has 23 heavy (non-hydrogen) atoms. The normalized spacial score (nSPS) is 15.3. The molecule has 0 aliphatic heterocycles. The molecule has 0 amide bonds. The molecule has 0 radical (unpaired) electrons. The van der Waals surface area contributed by atoms with E-state index in [2.05, 4.69) is 14.7 Å². The summed E-state index contributed by atoms with van der Waals surface area (Å²) in [7, 11) is 1.24. The van der Waals surface area contributed by atoms with E-state index in [0.717, 1.165) is 31.5 Å². The zero-order valence-corrected chi connectivity index (χ0v) is 12.2. The van der Waals surface area contributed by atoms with Crippen molar-refractivity contribution in [3.8, 4) is 11.5 Å². The minimum atomic E-state index is -4.51.